The predicted octanol–water partition coefficient (Wildman–Crippen LogP) is 5.35. The van der Waals surface area contributed by atoms with Crippen LogP contribution in [0.3, 0.4) is 0 Å². The largest absolute Gasteiger partial charge is 0.492 e. The summed E-state index contributed by atoms with van der Waals surface area (Å²) in [4.78, 5) is 14.8. The molecule has 7 nitrogen and oxygen atoms in total. The van der Waals surface area contributed by atoms with E-state index in [1.807, 2.05) is 13.1 Å². The van der Waals surface area contributed by atoms with Crippen LogP contribution in [0.2, 0.25) is 0 Å². The summed E-state index contributed by atoms with van der Waals surface area (Å²) in [6.07, 6.45) is 0.944. The Morgan fingerprint density at radius 3 is 2.91 bits per heavy atom. The smallest absolute Gasteiger partial charge is 0.418 e. The van der Waals surface area contributed by atoms with Crippen LogP contribution in [0.15, 0.2) is 41.5 Å². The van der Waals surface area contributed by atoms with Gasteiger partial charge in [-0.15, -0.1) is 0 Å². The third-order valence-electron chi connectivity index (χ3n) is 5.53. The maximum Gasteiger partial charge on any atom is 0.418 e. The highest BCUT2D eigenvalue weighted by molar-refractivity contribution is 7.16. The van der Waals surface area contributed by atoms with Gasteiger partial charge in [0.1, 0.15) is 11.9 Å². The first-order valence-corrected chi connectivity index (χ1v) is 11.3. The number of nitrogens with zero attached hydrogens (tertiary/aromatic N) is 4. The summed E-state index contributed by atoms with van der Waals surface area (Å²) in [6.45, 7) is 1.51. The van der Waals surface area contributed by atoms with Crippen LogP contribution in [0.1, 0.15) is 22.4 Å². The number of hydrogen-bond acceptors (Lipinski definition) is 8. The van der Waals surface area contributed by atoms with E-state index < -0.39 is 11.7 Å². The average molecular weight is 488 g/mol. The Hall–Kier alpha value is -3.44. The molecule has 0 radical (unpaired) electrons. The van der Waals surface area contributed by atoms with Crippen LogP contribution in [0.25, 0.3) is 11.6 Å². The number of allylic oxidation sites excluding steroid dienone is 1. The van der Waals surface area contributed by atoms with E-state index in [9.17, 15) is 18.3 Å². The molecule has 1 aromatic carbocycles. The van der Waals surface area contributed by atoms with Gasteiger partial charge < -0.3 is 20.1 Å². The Labute approximate surface area is 197 Å². The van der Waals surface area contributed by atoms with E-state index >= 15 is 0 Å². The van der Waals surface area contributed by atoms with Gasteiger partial charge in [-0.05, 0) is 49.9 Å². The molecule has 176 valence electrons. The molecular formula is C23H20F3N5O2S. The molecule has 2 N–H and O–H groups in total. The highest BCUT2D eigenvalue weighted by Crippen LogP contribution is 2.41. The van der Waals surface area contributed by atoms with E-state index in [0.717, 1.165) is 41.5 Å². The number of aromatic hydroxyl groups is 1. The number of hydrogen-bond donors (Lipinski definition) is 2. The molecule has 0 saturated carbocycles. The Kier molecular flexibility index (Phi) is 5.74. The van der Waals surface area contributed by atoms with Gasteiger partial charge >= 0.3 is 6.18 Å². The van der Waals surface area contributed by atoms with Gasteiger partial charge in [0.2, 0.25) is 5.88 Å². The van der Waals surface area contributed by atoms with Gasteiger partial charge in [-0.3, -0.25) is 0 Å². The fourth-order valence-electron chi connectivity index (χ4n) is 3.89. The van der Waals surface area contributed by atoms with Gasteiger partial charge in [0.05, 0.1) is 16.1 Å². The number of alkyl halides is 3. The molecule has 1 unspecified atom stereocenters. The second kappa shape index (κ2) is 8.73. The molecule has 34 heavy (non-hydrogen) atoms. The van der Waals surface area contributed by atoms with E-state index in [4.69, 9.17) is 4.74 Å². The molecule has 3 aromatic rings. The van der Waals surface area contributed by atoms with Crippen molar-refractivity contribution in [2.24, 2.45) is 4.99 Å². The maximum absolute atomic E-state index is 13.8. The van der Waals surface area contributed by atoms with E-state index in [2.05, 4.69) is 25.2 Å². The lowest BCUT2D eigenvalue weighted by Gasteiger charge is -2.18. The molecule has 2 aliphatic rings. The number of fused-ring (bicyclic) bond motifs is 1. The molecule has 11 heteroatoms. The first kappa shape index (κ1) is 22.4. The van der Waals surface area contributed by atoms with Crippen molar-refractivity contribution in [1.82, 2.24) is 14.9 Å². The number of ether oxygens (including phenoxy) is 1. The SMILES string of the molecule is CN1CCC(Oc2ccc(Nc3nc(O)c(C=C4C=Nc5ncccc54)s3)c(C(F)(F)F)c2)C1. The molecule has 2 aromatic heterocycles. The second-order valence-corrected chi connectivity index (χ2v) is 9.09. The van der Waals surface area contributed by atoms with Gasteiger partial charge in [-0.1, -0.05) is 11.3 Å². The monoisotopic (exact) mass is 487 g/mol. The number of aliphatic imine (C=N–C) groups is 1. The third-order valence-corrected chi connectivity index (χ3v) is 6.44. The lowest BCUT2D eigenvalue weighted by molar-refractivity contribution is -0.137. The highest BCUT2D eigenvalue weighted by Gasteiger charge is 2.35. The number of benzene rings is 1. The van der Waals surface area contributed by atoms with Crippen LogP contribution < -0.4 is 10.1 Å². The highest BCUT2D eigenvalue weighted by atomic mass is 32.1. The third kappa shape index (κ3) is 4.62. The molecule has 5 rings (SSSR count). The quantitative estimate of drug-likeness (QED) is 0.505. The average Bonchev–Trinajstić information content (AvgIpc) is 3.48. The van der Waals surface area contributed by atoms with E-state index in [-0.39, 0.29) is 28.6 Å². The first-order chi connectivity index (χ1) is 16.3. The van der Waals surface area contributed by atoms with Crippen LogP contribution in [0, 0.1) is 0 Å². The summed E-state index contributed by atoms with van der Waals surface area (Å²) in [5.74, 6) is 0.445. The van der Waals surface area contributed by atoms with Crippen molar-refractivity contribution in [3.8, 4) is 11.6 Å². The van der Waals surface area contributed by atoms with Gasteiger partial charge in [0.25, 0.3) is 0 Å². The Morgan fingerprint density at radius 2 is 2.15 bits per heavy atom. The summed E-state index contributed by atoms with van der Waals surface area (Å²) in [5, 5.41) is 13.1. The summed E-state index contributed by atoms with van der Waals surface area (Å²) in [5.41, 5.74) is 0.485. The number of nitrogens with one attached hydrogen (secondary N) is 1. The second-order valence-electron chi connectivity index (χ2n) is 8.06. The van der Waals surface area contributed by atoms with Crippen molar-refractivity contribution in [1.29, 1.82) is 0 Å². The zero-order chi connectivity index (χ0) is 23.9. The molecule has 4 heterocycles. The number of halogens is 3. The number of anilines is 2. The fraction of sp³-hybridized carbons (Fsp3) is 0.261. The van der Waals surface area contributed by atoms with Crippen LogP contribution in [0.4, 0.5) is 29.8 Å². The van der Waals surface area contributed by atoms with Gasteiger partial charge in [-0.2, -0.15) is 18.2 Å². The number of thiazole rings is 1. The summed E-state index contributed by atoms with van der Waals surface area (Å²) < 4.78 is 47.2. The van der Waals surface area contributed by atoms with Crippen LogP contribution in [-0.4, -0.2) is 52.4 Å². The number of likely N-dealkylation sites (N-methyl/N-ethyl adjacent to an activating group) is 1. The van der Waals surface area contributed by atoms with Crippen molar-refractivity contribution >= 4 is 45.8 Å². The Bertz CT molecular complexity index is 1290. The van der Waals surface area contributed by atoms with Crippen molar-refractivity contribution < 1.29 is 23.0 Å². The lowest BCUT2D eigenvalue weighted by atomic mass is 10.1. The number of aromatic nitrogens is 2. The van der Waals surface area contributed by atoms with Gasteiger partial charge in [-0.25, -0.2) is 9.98 Å². The minimum Gasteiger partial charge on any atom is -0.492 e. The van der Waals surface area contributed by atoms with Crippen LogP contribution in [-0.2, 0) is 6.18 Å². The van der Waals surface area contributed by atoms with Crippen molar-refractivity contribution in [3.63, 3.8) is 0 Å². The van der Waals surface area contributed by atoms with Gasteiger partial charge in [0, 0.05) is 36.6 Å². The number of pyridine rings is 1. The zero-order valence-electron chi connectivity index (χ0n) is 18.0. The molecule has 0 aliphatic carbocycles. The zero-order valence-corrected chi connectivity index (χ0v) is 18.8. The fourth-order valence-corrected chi connectivity index (χ4v) is 4.72. The molecule has 1 saturated heterocycles. The normalized spacial score (nSPS) is 19.1. The van der Waals surface area contributed by atoms with E-state index in [1.165, 1.54) is 12.1 Å². The standard InChI is InChI=1S/C23H20F3N5O2S/c1-31-8-6-15(12-31)33-14-4-5-18(17(10-14)23(24,25)26)29-22-30-21(32)19(34-22)9-13-11-28-20-16(13)3-2-7-27-20/h2-5,7,9-11,15,32H,6,8,12H2,1H3,(H,29,30). The molecule has 0 spiro atoms. The molecule has 1 atom stereocenters. The molecular weight excluding hydrogens is 467 g/mol. The predicted molar refractivity (Wildman–Crippen MR) is 125 cm³/mol. The topological polar surface area (TPSA) is 82.9 Å². The van der Waals surface area contributed by atoms with E-state index in [0.29, 0.717) is 17.2 Å². The number of rotatable bonds is 5. The van der Waals surface area contributed by atoms with Crippen LogP contribution in [0.5, 0.6) is 11.6 Å². The van der Waals surface area contributed by atoms with Gasteiger partial charge in [0.15, 0.2) is 10.9 Å². The van der Waals surface area contributed by atoms with Crippen molar-refractivity contribution in [2.45, 2.75) is 18.7 Å². The summed E-state index contributed by atoms with van der Waals surface area (Å²) in [6, 6.07) is 7.44. The minimum atomic E-state index is -4.60. The molecule has 0 amide bonds. The van der Waals surface area contributed by atoms with Crippen LogP contribution >= 0.6 is 11.3 Å². The van der Waals surface area contributed by atoms with E-state index in [1.54, 1.807) is 24.6 Å². The Morgan fingerprint density at radius 1 is 1.29 bits per heavy atom. The summed E-state index contributed by atoms with van der Waals surface area (Å²) in [7, 11) is 1.94. The number of likely N-dealkylation sites (tertiary alicyclic amines) is 1. The minimum absolute atomic E-state index is 0.127. The van der Waals surface area contributed by atoms with Crippen molar-refractivity contribution in [2.75, 3.05) is 25.5 Å². The Balaban J connectivity index is 1.39. The molecule has 1 fully saturated rings. The maximum atomic E-state index is 13.8. The lowest BCUT2D eigenvalue weighted by Crippen LogP contribution is -2.21. The molecule has 0 bridgehead atoms. The van der Waals surface area contributed by atoms with Crippen molar-refractivity contribution in [3.05, 3.63) is 52.5 Å². The summed E-state index contributed by atoms with van der Waals surface area (Å²) >= 11 is 1.03. The molecule has 2 aliphatic heterocycles. The first-order valence-electron chi connectivity index (χ1n) is 10.5.